The molecule has 4 aromatic carbocycles. The molecule has 7 nitrogen and oxygen atoms in total. The van der Waals surface area contributed by atoms with Crippen LogP contribution in [0.4, 0.5) is 13.2 Å². The minimum absolute atomic E-state index is 0.124. The molecule has 2 atom stereocenters. The van der Waals surface area contributed by atoms with Crippen LogP contribution in [0.1, 0.15) is 36.1 Å². The average molecular weight is 664 g/mol. The molecule has 3 aliphatic rings. The third-order valence-corrected chi connectivity index (χ3v) is 10.2. The number of rotatable bonds is 6. The van der Waals surface area contributed by atoms with Crippen LogP contribution >= 0.6 is 0 Å². The second-order valence-electron chi connectivity index (χ2n) is 12.1. The normalized spacial score (nSPS) is 19.4. The minimum atomic E-state index is -6.09. The van der Waals surface area contributed by atoms with E-state index < -0.39 is 15.6 Å². The Hall–Kier alpha value is -4.48. The number of nitrogens with zero attached hydrogens (tertiary/aromatic N) is 2. The zero-order chi connectivity index (χ0) is 33.5. The van der Waals surface area contributed by atoms with Gasteiger partial charge in [0, 0.05) is 10.8 Å². The van der Waals surface area contributed by atoms with Crippen LogP contribution in [0.15, 0.2) is 133 Å². The molecule has 11 heteroatoms. The van der Waals surface area contributed by atoms with Gasteiger partial charge in [0.15, 0.2) is 10.1 Å². The zero-order valence-corrected chi connectivity index (χ0v) is 26.6. The smallest absolute Gasteiger partial charge is 0.485 e. The van der Waals surface area contributed by atoms with Crippen LogP contribution in [-0.4, -0.2) is 60.2 Å². The van der Waals surface area contributed by atoms with Gasteiger partial charge in [-0.25, -0.2) is 8.42 Å². The van der Waals surface area contributed by atoms with E-state index in [0.717, 1.165) is 18.4 Å². The van der Waals surface area contributed by atoms with Gasteiger partial charge in [0.1, 0.15) is 13.2 Å². The van der Waals surface area contributed by atoms with E-state index in [4.69, 9.17) is 22.4 Å². The summed E-state index contributed by atoms with van der Waals surface area (Å²) in [6.45, 7) is 6.70. The van der Waals surface area contributed by atoms with Crippen LogP contribution in [0.2, 0.25) is 0 Å². The summed E-state index contributed by atoms with van der Waals surface area (Å²) < 4.78 is 71.9. The highest BCUT2D eigenvalue weighted by Crippen LogP contribution is 2.50. The molecule has 0 unspecified atom stereocenters. The van der Waals surface area contributed by atoms with Gasteiger partial charge in [-0.2, -0.15) is 13.2 Å². The van der Waals surface area contributed by atoms with E-state index in [1.807, 2.05) is 0 Å². The van der Waals surface area contributed by atoms with Gasteiger partial charge >= 0.3 is 5.51 Å². The molecule has 0 amide bonds. The van der Waals surface area contributed by atoms with Crippen molar-refractivity contribution in [1.29, 1.82) is 0 Å². The van der Waals surface area contributed by atoms with Gasteiger partial charge in [0.2, 0.25) is 0 Å². The first-order chi connectivity index (χ1) is 22.4. The molecule has 246 valence electrons. The Kier molecular flexibility index (Phi) is 8.48. The second kappa shape index (κ2) is 12.3. The first-order valence-corrected chi connectivity index (χ1v) is 16.5. The third kappa shape index (κ3) is 5.72. The molecule has 0 bridgehead atoms. The fourth-order valence-corrected chi connectivity index (χ4v) is 7.00. The first-order valence-electron chi connectivity index (χ1n) is 15.1. The van der Waals surface area contributed by atoms with Crippen molar-refractivity contribution in [3.05, 3.63) is 155 Å². The highest BCUT2D eigenvalue weighted by Gasteiger charge is 2.56. The summed E-state index contributed by atoms with van der Waals surface area (Å²) in [5.74, 6) is 1.76. The second-order valence-corrected chi connectivity index (χ2v) is 13.5. The lowest BCUT2D eigenvalue weighted by molar-refractivity contribution is -0.0517. The predicted octanol–water partition coefficient (Wildman–Crippen LogP) is 6.55. The van der Waals surface area contributed by atoms with Crippen molar-refractivity contribution in [2.24, 2.45) is 0 Å². The predicted molar refractivity (Wildman–Crippen MR) is 169 cm³/mol. The summed E-state index contributed by atoms with van der Waals surface area (Å²) in [4.78, 5) is 4.88. The van der Waals surface area contributed by atoms with Crippen molar-refractivity contribution in [2.75, 3.05) is 19.9 Å². The Morgan fingerprint density at radius 2 is 0.851 bits per heavy atom. The molecular formula is C36H34F3N2O5S-. The lowest BCUT2D eigenvalue weighted by Crippen LogP contribution is -2.52. The van der Waals surface area contributed by atoms with Crippen molar-refractivity contribution in [1.82, 2.24) is 9.80 Å². The number of fused-ring (bicyclic) bond motifs is 2. The molecule has 7 rings (SSSR count). The quantitative estimate of drug-likeness (QED) is 0.171. The first kappa shape index (κ1) is 32.5. The molecule has 4 aromatic rings. The van der Waals surface area contributed by atoms with Gasteiger partial charge in [-0.1, -0.05) is 121 Å². The molecule has 47 heavy (non-hydrogen) atoms. The molecule has 0 aromatic heterocycles. The van der Waals surface area contributed by atoms with E-state index in [1.54, 1.807) is 0 Å². The van der Waals surface area contributed by atoms with E-state index in [0.29, 0.717) is 13.2 Å². The largest absolute Gasteiger partial charge is 0.741 e. The summed E-state index contributed by atoms with van der Waals surface area (Å²) in [7, 11) is -6.09. The fourth-order valence-electron chi connectivity index (χ4n) is 7.00. The number of ether oxygens (including phenoxy) is 2. The Morgan fingerprint density at radius 3 is 1.09 bits per heavy atom. The molecule has 0 saturated carbocycles. The molecule has 0 aliphatic carbocycles. The number of halogens is 3. The maximum Gasteiger partial charge on any atom is 0.485 e. The van der Waals surface area contributed by atoms with Crippen LogP contribution in [0, 0.1) is 0 Å². The molecule has 0 spiro atoms. The maximum absolute atomic E-state index is 10.7. The maximum atomic E-state index is 10.7. The topological polar surface area (TPSA) is 82.1 Å². The monoisotopic (exact) mass is 663 g/mol. The van der Waals surface area contributed by atoms with Gasteiger partial charge < -0.3 is 23.8 Å². The molecule has 0 N–H and O–H groups in total. The lowest BCUT2D eigenvalue weighted by atomic mass is 9.70. The molecule has 3 heterocycles. The molecule has 0 radical (unpaired) electrons. The van der Waals surface area contributed by atoms with Crippen molar-refractivity contribution in [3.8, 4) is 0 Å². The standard InChI is InChI=1S/C35H34N2O2.CHF3O3S/c1-34(26-15-7-3-8-16-26,27-17-9-4-10-18-27)30-23-38-32-33-37(25-36(30)32)31(24-39-33)35(2,28-19-11-5-12-20-28)29-21-13-6-14-22-29;2-1(3,4)8(5,6)7/h3-22,30-31H,23-25H2,1-2H3;(H,5,6,7)/p-1/t30-,31-;/m1./s1. The van der Waals surface area contributed by atoms with Crippen LogP contribution in [0.5, 0.6) is 0 Å². The number of alkyl halides is 3. The number of benzene rings is 4. The summed E-state index contributed by atoms with van der Waals surface area (Å²) in [5.41, 5.74) is -1.01. The van der Waals surface area contributed by atoms with Crippen LogP contribution in [0.3, 0.4) is 0 Å². The SMILES string of the molecule is CC(c1ccccc1)(c1ccccc1)[C@H]1COC2=C3OC[C@H](C(C)(c4ccccc4)c4ccccc4)N3CN21.O=S(=O)([O-])C(F)(F)F. The van der Waals surface area contributed by atoms with Crippen LogP contribution in [-0.2, 0) is 30.4 Å². The van der Waals surface area contributed by atoms with Crippen LogP contribution < -0.4 is 0 Å². The Bertz CT molecular complexity index is 1630. The van der Waals surface area contributed by atoms with E-state index >= 15 is 0 Å². The Labute approximate surface area is 272 Å². The van der Waals surface area contributed by atoms with E-state index in [-0.39, 0.29) is 22.9 Å². The summed E-state index contributed by atoms with van der Waals surface area (Å²) in [5, 5.41) is 0. The highest BCUT2D eigenvalue weighted by molar-refractivity contribution is 7.86. The molecular weight excluding hydrogens is 629 g/mol. The van der Waals surface area contributed by atoms with Gasteiger partial charge in [-0.05, 0) is 36.1 Å². The molecule has 2 fully saturated rings. The summed E-state index contributed by atoms with van der Waals surface area (Å²) >= 11 is 0. The number of hydrogen-bond acceptors (Lipinski definition) is 7. The van der Waals surface area contributed by atoms with Gasteiger partial charge in [-0.15, -0.1) is 0 Å². The molecule has 3 aliphatic heterocycles. The number of hydrogen-bond donors (Lipinski definition) is 0. The van der Waals surface area contributed by atoms with Gasteiger partial charge in [0.25, 0.3) is 11.8 Å². The Balaban J connectivity index is 0.000000431. The van der Waals surface area contributed by atoms with Crippen molar-refractivity contribution in [3.63, 3.8) is 0 Å². The van der Waals surface area contributed by atoms with E-state index in [1.165, 1.54) is 22.3 Å². The third-order valence-electron chi connectivity index (χ3n) is 9.63. The molecule has 2 saturated heterocycles. The average Bonchev–Trinajstić information content (AvgIpc) is 3.78. The van der Waals surface area contributed by atoms with Crippen molar-refractivity contribution in [2.45, 2.75) is 42.3 Å². The minimum Gasteiger partial charge on any atom is -0.741 e. The lowest BCUT2D eigenvalue weighted by Gasteiger charge is -2.42. The zero-order valence-electron chi connectivity index (χ0n) is 25.8. The van der Waals surface area contributed by atoms with Gasteiger partial charge in [-0.3, -0.25) is 0 Å². The Morgan fingerprint density at radius 1 is 0.596 bits per heavy atom. The highest BCUT2D eigenvalue weighted by atomic mass is 32.2. The fraction of sp³-hybridized carbons (Fsp3) is 0.278. The van der Waals surface area contributed by atoms with Crippen molar-refractivity contribution >= 4 is 10.1 Å². The van der Waals surface area contributed by atoms with E-state index in [2.05, 4.69) is 145 Å². The van der Waals surface area contributed by atoms with Crippen molar-refractivity contribution < 1.29 is 35.6 Å². The summed E-state index contributed by atoms with van der Waals surface area (Å²) in [6, 6.07) is 43.7. The van der Waals surface area contributed by atoms with Crippen LogP contribution in [0.25, 0.3) is 0 Å². The van der Waals surface area contributed by atoms with E-state index in [9.17, 15) is 13.2 Å². The summed E-state index contributed by atoms with van der Waals surface area (Å²) in [6.07, 6.45) is 0. The van der Waals surface area contributed by atoms with Gasteiger partial charge in [0.05, 0.1) is 18.8 Å².